The Balaban J connectivity index is 1.86. The summed E-state index contributed by atoms with van der Waals surface area (Å²) in [5, 5.41) is 4.44. The summed E-state index contributed by atoms with van der Waals surface area (Å²) in [5.74, 6) is 0. The standard InChI is InChI=1S/C14H11N3S/c1-2-10-6-16-7-11(10)5-9(1)14-17-12-8-15-4-3-13(12)18-14/h1-5,8,16H,6-7H2. The Bertz CT molecular complexity index is 700. The molecule has 0 saturated carbocycles. The first kappa shape index (κ1) is 10.2. The molecule has 3 nitrogen and oxygen atoms in total. The van der Waals surface area contributed by atoms with Crippen molar-refractivity contribution >= 4 is 21.6 Å². The summed E-state index contributed by atoms with van der Waals surface area (Å²) in [5.41, 5.74) is 4.99. The molecule has 3 heterocycles. The fourth-order valence-corrected chi connectivity index (χ4v) is 3.26. The molecule has 4 rings (SSSR count). The molecule has 0 fully saturated rings. The molecule has 2 aromatic heterocycles. The average Bonchev–Trinajstić information content (AvgIpc) is 3.04. The van der Waals surface area contributed by atoms with Crippen molar-refractivity contribution < 1.29 is 0 Å². The van der Waals surface area contributed by atoms with Crippen LogP contribution in [0, 0.1) is 0 Å². The van der Waals surface area contributed by atoms with Crippen molar-refractivity contribution in [2.24, 2.45) is 0 Å². The Labute approximate surface area is 109 Å². The fourth-order valence-electron chi connectivity index (χ4n) is 2.33. The van der Waals surface area contributed by atoms with Crippen molar-refractivity contribution in [1.82, 2.24) is 15.3 Å². The van der Waals surface area contributed by atoms with Crippen molar-refractivity contribution in [2.75, 3.05) is 0 Å². The molecule has 1 N–H and O–H groups in total. The lowest BCUT2D eigenvalue weighted by Crippen LogP contribution is -1.99. The first-order valence-corrected chi connectivity index (χ1v) is 6.75. The lowest BCUT2D eigenvalue weighted by atomic mass is 10.1. The SMILES string of the molecule is c1cc2sc(-c3ccc4c(c3)CNC4)nc2cn1. The van der Waals surface area contributed by atoms with Crippen molar-refractivity contribution in [1.29, 1.82) is 0 Å². The lowest BCUT2D eigenvalue weighted by Gasteiger charge is -2.00. The molecule has 0 aliphatic carbocycles. The van der Waals surface area contributed by atoms with Gasteiger partial charge in [0.25, 0.3) is 0 Å². The minimum atomic E-state index is 0.968. The summed E-state index contributed by atoms with van der Waals surface area (Å²) in [4.78, 5) is 8.76. The van der Waals surface area contributed by atoms with E-state index in [2.05, 4.69) is 33.5 Å². The maximum Gasteiger partial charge on any atom is 0.124 e. The molecular formula is C14H11N3S. The Morgan fingerprint density at radius 2 is 2.06 bits per heavy atom. The summed E-state index contributed by atoms with van der Waals surface area (Å²) in [6.45, 7) is 1.95. The van der Waals surface area contributed by atoms with Gasteiger partial charge in [-0.15, -0.1) is 11.3 Å². The summed E-state index contributed by atoms with van der Waals surface area (Å²) in [6, 6.07) is 8.64. The number of fused-ring (bicyclic) bond motifs is 2. The van der Waals surface area contributed by atoms with Gasteiger partial charge in [0.2, 0.25) is 0 Å². The molecule has 88 valence electrons. The second-order valence-electron chi connectivity index (χ2n) is 4.45. The van der Waals surface area contributed by atoms with Gasteiger partial charge in [-0.3, -0.25) is 4.98 Å². The fraction of sp³-hybridized carbons (Fsp3) is 0.143. The third-order valence-corrected chi connectivity index (χ3v) is 4.36. The number of benzene rings is 1. The van der Waals surface area contributed by atoms with Gasteiger partial charge in [-0.25, -0.2) is 4.98 Å². The third-order valence-electron chi connectivity index (χ3n) is 3.27. The molecule has 0 saturated heterocycles. The molecule has 3 aromatic rings. The highest BCUT2D eigenvalue weighted by molar-refractivity contribution is 7.21. The van der Waals surface area contributed by atoms with E-state index in [1.807, 2.05) is 18.5 Å². The number of nitrogens with one attached hydrogen (secondary N) is 1. The van der Waals surface area contributed by atoms with Gasteiger partial charge in [0.05, 0.1) is 10.9 Å². The van der Waals surface area contributed by atoms with Crippen LogP contribution in [-0.4, -0.2) is 9.97 Å². The average molecular weight is 253 g/mol. The number of thiazole rings is 1. The monoisotopic (exact) mass is 253 g/mol. The van der Waals surface area contributed by atoms with Gasteiger partial charge in [0.15, 0.2) is 0 Å². The summed E-state index contributed by atoms with van der Waals surface area (Å²) in [6.07, 6.45) is 3.64. The van der Waals surface area contributed by atoms with E-state index in [9.17, 15) is 0 Å². The number of aromatic nitrogens is 2. The topological polar surface area (TPSA) is 37.8 Å². The Hall–Kier alpha value is -1.78. The number of nitrogens with zero attached hydrogens (tertiary/aromatic N) is 2. The highest BCUT2D eigenvalue weighted by Gasteiger charge is 2.12. The molecule has 1 aromatic carbocycles. The predicted octanol–water partition coefficient (Wildman–Crippen LogP) is 2.96. The zero-order valence-corrected chi connectivity index (χ0v) is 10.5. The smallest absolute Gasteiger partial charge is 0.124 e. The van der Waals surface area contributed by atoms with Crippen molar-refractivity contribution in [3.05, 3.63) is 47.8 Å². The molecule has 0 unspecified atom stereocenters. The van der Waals surface area contributed by atoms with Gasteiger partial charge >= 0.3 is 0 Å². The maximum absolute atomic E-state index is 4.64. The van der Waals surface area contributed by atoms with Crippen molar-refractivity contribution in [3.63, 3.8) is 0 Å². The summed E-state index contributed by atoms with van der Waals surface area (Å²) >= 11 is 1.72. The molecular weight excluding hydrogens is 242 g/mol. The number of rotatable bonds is 1. The van der Waals surface area contributed by atoms with Gasteiger partial charge in [0.1, 0.15) is 10.5 Å². The first-order chi connectivity index (χ1) is 8.90. The molecule has 4 heteroatoms. The van der Waals surface area contributed by atoms with Crippen LogP contribution < -0.4 is 5.32 Å². The van der Waals surface area contributed by atoms with Crippen LogP contribution in [0.3, 0.4) is 0 Å². The van der Waals surface area contributed by atoms with E-state index in [1.54, 1.807) is 11.3 Å². The zero-order chi connectivity index (χ0) is 11.9. The first-order valence-electron chi connectivity index (χ1n) is 5.93. The van der Waals surface area contributed by atoms with Crippen molar-refractivity contribution in [3.8, 4) is 10.6 Å². The predicted molar refractivity (Wildman–Crippen MR) is 73.4 cm³/mol. The van der Waals surface area contributed by atoms with E-state index in [-0.39, 0.29) is 0 Å². The second-order valence-corrected chi connectivity index (χ2v) is 5.48. The molecule has 1 aliphatic heterocycles. The second kappa shape index (κ2) is 3.86. The van der Waals surface area contributed by atoms with E-state index in [0.29, 0.717) is 0 Å². The Morgan fingerprint density at radius 1 is 1.11 bits per heavy atom. The zero-order valence-electron chi connectivity index (χ0n) is 9.68. The van der Waals surface area contributed by atoms with E-state index in [0.717, 1.165) is 23.6 Å². The van der Waals surface area contributed by atoms with Crippen LogP contribution in [0.15, 0.2) is 36.7 Å². The van der Waals surface area contributed by atoms with Crippen LogP contribution in [0.25, 0.3) is 20.8 Å². The molecule has 0 radical (unpaired) electrons. The number of hydrogen-bond acceptors (Lipinski definition) is 4. The van der Waals surface area contributed by atoms with Crippen LogP contribution in [0.1, 0.15) is 11.1 Å². The number of pyridine rings is 1. The Morgan fingerprint density at radius 3 is 3.00 bits per heavy atom. The van der Waals surface area contributed by atoms with Gasteiger partial charge in [-0.1, -0.05) is 12.1 Å². The van der Waals surface area contributed by atoms with Crippen LogP contribution in [-0.2, 0) is 13.1 Å². The number of hydrogen-bond donors (Lipinski definition) is 1. The van der Waals surface area contributed by atoms with Gasteiger partial charge in [-0.05, 0) is 23.3 Å². The van der Waals surface area contributed by atoms with Crippen LogP contribution in [0.5, 0.6) is 0 Å². The third kappa shape index (κ3) is 1.54. The molecule has 0 amide bonds. The van der Waals surface area contributed by atoms with E-state index in [1.165, 1.54) is 21.4 Å². The molecule has 0 atom stereocenters. The Kier molecular flexibility index (Phi) is 2.18. The molecule has 18 heavy (non-hydrogen) atoms. The van der Waals surface area contributed by atoms with Gasteiger partial charge in [-0.2, -0.15) is 0 Å². The normalized spacial score (nSPS) is 14.0. The summed E-state index contributed by atoms with van der Waals surface area (Å²) in [7, 11) is 0. The lowest BCUT2D eigenvalue weighted by molar-refractivity contribution is 0.765. The van der Waals surface area contributed by atoms with Crippen LogP contribution in [0.2, 0.25) is 0 Å². The largest absolute Gasteiger partial charge is 0.309 e. The molecule has 0 bridgehead atoms. The molecule has 1 aliphatic rings. The van der Waals surface area contributed by atoms with Gasteiger partial charge in [0, 0.05) is 24.8 Å². The summed E-state index contributed by atoms with van der Waals surface area (Å²) < 4.78 is 1.19. The van der Waals surface area contributed by atoms with E-state index >= 15 is 0 Å². The molecule has 0 spiro atoms. The highest BCUT2D eigenvalue weighted by Crippen LogP contribution is 2.31. The van der Waals surface area contributed by atoms with Gasteiger partial charge < -0.3 is 5.32 Å². The van der Waals surface area contributed by atoms with Crippen molar-refractivity contribution in [2.45, 2.75) is 13.1 Å². The maximum atomic E-state index is 4.64. The van der Waals surface area contributed by atoms with Crippen LogP contribution in [0.4, 0.5) is 0 Å². The minimum absolute atomic E-state index is 0.968. The quantitative estimate of drug-likeness (QED) is 0.724. The highest BCUT2D eigenvalue weighted by atomic mass is 32.1. The van der Waals surface area contributed by atoms with E-state index < -0.39 is 0 Å². The van der Waals surface area contributed by atoms with E-state index in [4.69, 9.17) is 0 Å². The minimum Gasteiger partial charge on any atom is -0.309 e. The van der Waals surface area contributed by atoms with Crippen LogP contribution >= 0.6 is 11.3 Å².